The zero-order chi connectivity index (χ0) is 14.4. The predicted octanol–water partition coefficient (Wildman–Crippen LogP) is 2.11. The van der Waals surface area contributed by atoms with Crippen LogP contribution in [0.5, 0.6) is 0 Å². The molecular formula is C15H30IN3O2. The molecule has 2 fully saturated rings. The Morgan fingerprint density at radius 1 is 1.29 bits per heavy atom. The first-order valence-corrected chi connectivity index (χ1v) is 7.89. The molecule has 0 amide bonds. The van der Waals surface area contributed by atoms with E-state index in [1.165, 1.54) is 6.42 Å². The van der Waals surface area contributed by atoms with Gasteiger partial charge in [0.15, 0.2) is 5.96 Å². The van der Waals surface area contributed by atoms with E-state index < -0.39 is 0 Å². The summed E-state index contributed by atoms with van der Waals surface area (Å²) in [6.07, 6.45) is 3.91. The van der Waals surface area contributed by atoms with Crippen molar-refractivity contribution in [3.05, 3.63) is 0 Å². The van der Waals surface area contributed by atoms with Gasteiger partial charge in [0, 0.05) is 33.3 Å². The first-order valence-electron chi connectivity index (χ1n) is 7.89. The maximum atomic E-state index is 5.88. The van der Waals surface area contributed by atoms with Crippen molar-refractivity contribution < 1.29 is 9.47 Å². The number of morpholine rings is 1. The SMILES string of the molecule is CN=C(NCCC(C)C)N1CCOC(C2CCCO2)C1.I. The third-order valence-electron chi connectivity index (χ3n) is 3.99. The second kappa shape index (κ2) is 9.84. The fraction of sp³-hybridized carbons (Fsp3) is 0.933. The molecule has 0 aromatic carbocycles. The monoisotopic (exact) mass is 411 g/mol. The van der Waals surface area contributed by atoms with Gasteiger partial charge in [0.25, 0.3) is 0 Å². The van der Waals surface area contributed by atoms with Crippen LogP contribution in [-0.4, -0.2) is 63.0 Å². The highest BCUT2D eigenvalue weighted by atomic mass is 127. The van der Waals surface area contributed by atoms with Crippen molar-refractivity contribution in [2.24, 2.45) is 10.9 Å². The molecule has 0 aliphatic carbocycles. The minimum absolute atomic E-state index is 0. The van der Waals surface area contributed by atoms with Gasteiger partial charge in [-0.3, -0.25) is 4.99 Å². The predicted molar refractivity (Wildman–Crippen MR) is 96.5 cm³/mol. The number of nitrogens with zero attached hydrogens (tertiary/aromatic N) is 2. The maximum Gasteiger partial charge on any atom is 0.193 e. The second-order valence-electron chi connectivity index (χ2n) is 6.06. The van der Waals surface area contributed by atoms with Crippen molar-refractivity contribution in [3.63, 3.8) is 0 Å². The van der Waals surface area contributed by atoms with Crippen molar-refractivity contribution in [1.82, 2.24) is 10.2 Å². The van der Waals surface area contributed by atoms with Crippen LogP contribution in [-0.2, 0) is 9.47 Å². The number of hydrogen-bond donors (Lipinski definition) is 1. The summed E-state index contributed by atoms with van der Waals surface area (Å²) in [4.78, 5) is 6.71. The fourth-order valence-electron chi connectivity index (χ4n) is 2.79. The van der Waals surface area contributed by atoms with Crippen LogP contribution in [0, 0.1) is 5.92 Å². The standard InChI is InChI=1S/C15H29N3O2.HI/c1-12(2)6-7-17-15(16-3)18-8-10-20-14(11-18)13-5-4-9-19-13;/h12-14H,4-11H2,1-3H3,(H,16,17);1H. The van der Waals surface area contributed by atoms with Gasteiger partial charge in [-0.1, -0.05) is 13.8 Å². The van der Waals surface area contributed by atoms with Crippen molar-refractivity contribution in [2.45, 2.75) is 45.3 Å². The average Bonchev–Trinajstić information content (AvgIpc) is 2.97. The van der Waals surface area contributed by atoms with E-state index >= 15 is 0 Å². The number of guanidine groups is 1. The van der Waals surface area contributed by atoms with Gasteiger partial charge in [-0.15, -0.1) is 24.0 Å². The molecule has 2 rings (SSSR count). The minimum Gasteiger partial charge on any atom is -0.375 e. The Balaban J connectivity index is 0.00000220. The molecule has 5 nitrogen and oxygen atoms in total. The molecule has 2 atom stereocenters. The van der Waals surface area contributed by atoms with E-state index in [-0.39, 0.29) is 36.2 Å². The summed E-state index contributed by atoms with van der Waals surface area (Å²) in [6.45, 7) is 8.89. The summed E-state index contributed by atoms with van der Waals surface area (Å²) in [6, 6.07) is 0. The summed E-state index contributed by atoms with van der Waals surface area (Å²) >= 11 is 0. The maximum absolute atomic E-state index is 5.88. The molecule has 0 aromatic rings. The van der Waals surface area contributed by atoms with Crippen LogP contribution in [0.2, 0.25) is 0 Å². The highest BCUT2D eigenvalue weighted by Gasteiger charge is 2.32. The molecule has 2 unspecified atom stereocenters. The normalized spacial score (nSPS) is 26.9. The Morgan fingerprint density at radius 2 is 2.05 bits per heavy atom. The quantitative estimate of drug-likeness (QED) is 0.437. The highest BCUT2D eigenvalue weighted by molar-refractivity contribution is 14.0. The number of rotatable bonds is 4. The molecule has 0 aromatic heterocycles. The molecule has 1 N–H and O–H groups in total. The summed E-state index contributed by atoms with van der Waals surface area (Å²) in [7, 11) is 1.86. The van der Waals surface area contributed by atoms with E-state index in [9.17, 15) is 0 Å². The highest BCUT2D eigenvalue weighted by Crippen LogP contribution is 2.20. The molecule has 124 valence electrons. The largest absolute Gasteiger partial charge is 0.375 e. The number of ether oxygens (including phenoxy) is 2. The van der Waals surface area contributed by atoms with Gasteiger partial charge in [0.1, 0.15) is 6.10 Å². The van der Waals surface area contributed by atoms with Crippen molar-refractivity contribution in [3.8, 4) is 0 Å². The Labute approximate surface area is 145 Å². The first kappa shape index (κ1) is 19.0. The zero-order valence-electron chi connectivity index (χ0n) is 13.5. The number of hydrogen-bond acceptors (Lipinski definition) is 3. The molecule has 2 heterocycles. The van der Waals surface area contributed by atoms with Crippen molar-refractivity contribution >= 4 is 29.9 Å². The minimum atomic E-state index is 0. The van der Waals surface area contributed by atoms with E-state index in [1.54, 1.807) is 0 Å². The lowest BCUT2D eigenvalue weighted by Crippen LogP contribution is -2.53. The molecule has 2 aliphatic heterocycles. The van der Waals surface area contributed by atoms with Gasteiger partial charge in [-0.05, 0) is 25.2 Å². The first-order chi connectivity index (χ1) is 9.70. The topological polar surface area (TPSA) is 46.1 Å². The summed E-state index contributed by atoms with van der Waals surface area (Å²) < 4.78 is 11.6. The van der Waals surface area contributed by atoms with Crippen molar-refractivity contribution in [2.75, 3.05) is 39.9 Å². The fourth-order valence-corrected chi connectivity index (χ4v) is 2.79. The molecule has 0 radical (unpaired) electrons. The Hall–Kier alpha value is -0.0800. The third kappa shape index (κ3) is 5.90. The third-order valence-corrected chi connectivity index (χ3v) is 3.99. The number of aliphatic imine (C=N–C) groups is 1. The lowest BCUT2D eigenvalue weighted by Gasteiger charge is -2.37. The van der Waals surface area contributed by atoms with Gasteiger partial charge in [-0.2, -0.15) is 0 Å². The second-order valence-corrected chi connectivity index (χ2v) is 6.06. The van der Waals surface area contributed by atoms with E-state index in [0.29, 0.717) is 5.92 Å². The summed E-state index contributed by atoms with van der Waals surface area (Å²) in [5.41, 5.74) is 0. The molecule has 2 aliphatic rings. The summed E-state index contributed by atoms with van der Waals surface area (Å²) in [5.74, 6) is 1.71. The summed E-state index contributed by atoms with van der Waals surface area (Å²) in [5, 5.41) is 3.46. The van der Waals surface area contributed by atoms with E-state index in [1.807, 2.05) is 7.05 Å². The Kier molecular flexibility index (Phi) is 8.89. The lowest BCUT2D eigenvalue weighted by molar-refractivity contribution is -0.0816. The Bertz CT molecular complexity index is 320. The van der Waals surface area contributed by atoms with E-state index in [4.69, 9.17) is 9.47 Å². The number of halogens is 1. The van der Waals surface area contributed by atoms with Crippen LogP contribution in [0.3, 0.4) is 0 Å². The van der Waals surface area contributed by atoms with Crippen LogP contribution in [0.25, 0.3) is 0 Å². The smallest absolute Gasteiger partial charge is 0.193 e. The van der Waals surface area contributed by atoms with Crippen LogP contribution >= 0.6 is 24.0 Å². The lowest BCUT2D eigenvalue weighted by atomic mass is 10.1. The molecule has 0 bridgehead atoms. The van der Waals surface area contributed by atoms with Crippen LogP contribution < -0.4 is 5.32 Å². The average molecular weight is 411 g/mol. The van der Waals surface area contributed by atoms with Gasteiger partial charge >= 0.3 is 0 Å². The van der Waals surface area contributed by atoms with E-state index in [2.05, 4.69) is 29.1 Å². The van der Waals surface area contributed by atoms with Gasteiger partial charge < -0.3 is 19.7 Å². The molecule has 6 heteroatoms. The van der Waals surface area contributed by atoms with Gasteiger partial charge in [-0.25, -0.2) is 0 Å². The van der Waals surface area contributed by atoms with Crippen LogP contribution in [0.1, 0.15) is 33.1 Å². The van der Waals surface area contributed by atoms with E-state index in [0.717, 1.165) is 51.6 Å². The molecule has 2 saturated heterocycles. The van der Waals surface area contributed by atoms with Crippen molar-refractivity contribution in [1.29, 1.82) is 0 Å². The molecule has 0 saturated carbocycles. The van der Waals surface area contributed by atoms with Gasteiger partial charge in [0.2, 0.25) is 0 Å². The Morgan fingerprint density at radius 3 is 2.67 bits per heavy atom. The van der Waals surface area contributed by atoms with Crippen LogP contribution in [0.15, 0.2) is 4.99 Å². The van der Waals surface area contributed by atoms with Gasteiger partial charge in [0.05, 0.1) is 12.7 Å². The zero-order valence-corrected chi connectivity index (χ0v) is 15.8. The molecule has 21 heavy (non-hydrogen) atoms. The molecular weight excluding hydrogens is 381 g/mol. The molecule has 0 spiro atoms. The van der Waals surface area contributed by atoms with Crippen LogP contribution in [0.4, 0.5) is 0 Å². The number of nitrogens with one attached hydrogen (secondary N) is 1.